The van der Waals surface area contributed by atoms with Crippen LogP contribution in [0.4, 0.5) is 4.79 Å². The Labute approximate surface area is 121 Å². The number of allylic oxidation sites excluding steroid dienone is 1. The maximum Gasteiger partial charge on any atom is 0.408 e. The van der Waals surface area contributed by atoms with Crippen LogP contribution in [0.1, 0.15) is 54.4 Å². The molecule has 0 atom stereocenters. The lowest BCUT2D eigenvalue weighted by Crippen LogP contribution is -2.45. The molecule has 0 unspecified atom stereocenters. The first-order valence-electron chi connectivity index (χ1n) is 6.90. The summed E-state index contributed by atoms with van der Waals surface area (Å²) >= 11 is 0. The second-order valence-electron chi connectivity index (χ2n) is 6.20. The van der Waals surface area contributed by atoms with Gasteiger partial charge in [-0.25, -0.2) is 9.59 Å². The second-order valence-corrected chi connectivity index (χ2v) is 6.20. The minimum atomic E-state index is -0.510. The van der Waals surface area contributed by atoms with E-state index in [-0.39, 0.29) is 5.97 Å². The molecular weight excluding hydrogens is 258 g/mol. The molecule has 0 saturated carbocycles. The number of ether oxygens (including phenoxy) is 2. The Bertz CT molecular complexity index is 353. The van der Waals surface area contributed by atoms with Crippen LogP contribution in [0.3, 0.4) is 0 Å². The van der Waals surface area contributed by atoms with Gasteiger partial charge in [0, 0.05) is 11.6 Å². The molecular formula is C15H27NO4. The maximum atomic E-state index is 11.7. The molecule has 0 saturated heterocycles. The number of rotatable bonds is 6. The van der Waals surface area contributed by atoms with Gasteiger partial charge in [0.2, 0.25) is 0 Å². The standard InChI is InChI=1S/C15H27NO4/c1-7-19-12(17)10-8-9-11-15(5,6)16-13(18)20-14(2,3)4/h8,10H,7,9,11H2,1-6H3,(H,16,18)/b10-8+. The first-order chi connectivity index (χ1) is 9.06. The highest BCUT2D eigenvalue weighted by atomic mass is 16.6. The average molecular weight is 285 g/mol. The Kier molecular flexibility index (Phi) is 7.32. The first-order valence-corrected chi connectivity index (χ1v) is 6.90. The van der Waals surface area contributed by atoms with Crippen LogP contribution >= 0.6 is 0 Å². The van der Waals surface area contributed by atoms with Gasteiger partial charge in [0.15, 0.2) is 0 Å². The van der Waals surface area contributed by atoms with Gasteiger partial charge in [-0.2, -0.15) is 0 Å². The molecule has 0 aliphatic rings. The van der Waals surface area contributed by atoms with Gasteiger partial charge in [0.25, 0.3) is 0 Å². The minimum absolute atomic E-state index is 0.342. The average Bonchev–Trinajstić information content (AvgIpc) is 2.21. The molecule has 0 aromatic carbocycles. The smallest absolute Gasteiger partial charge is 0.408 e. The van der Waals surface area contributed by atoms with E-state index in [0.717, 1.165) is 0 Å². The van der Waals surface area contributed by atoms with Gasteiger partial charge in [-0.1, -0.05) is 6.08 Å². The van der Waals surface area contributed by atoms with E-state index in [1.165, 1.54) is 6.08 Å². The Morgan fingerprint density at radius 2 is 1.75 bits per heavy atom. The molecule has 0 bridgehead atoms. The lowest BCUT2D eigenvalue weighted by atomic mass is 9.98. The molecule has 1 N–H and O–H groups in total. The van der Waals surface area contributed by atoms with E-state index in [2.05, 4.69) is 5.32 Å². The summed E-state index contributed by atoms with van der Waals surface area (Å²) < 4.78 is 9.99. The molecule has 0 aromatic rings. The number of carbonyl (C=O) groups excluding carboxylic acids is 2. The molecule has 0 fully saturated rings. The predicted molar refractivity (Wildman–Crippen MR) is 78.5 cm³/mol. The zero-order valence-electron chi connectivity index (χ0n) is 13.4. The van der Waals surface area contributed by atoms with Crippen molar-refractivity contribution < 1.29 is 19.1 Å². The summed E-state index contributed by atoms with van der Waals surface area (Å²) in [5, 5.41) is 2.81. The minimum Gasteiger partial charge on any atom is -0.463 e. The van der Waals surface area contributed by atoms with Crippen molar-refractivity contribution in [2.45, 2.75) is 65.5 Å². The summed E-state index contributed by atoms with van der Waals surface area (Å²) in [6.07, 6.45) is 4.09. The second kappa shape index (κ2) is 7.92. The largest absolute Gasteiger partial charge is 0.463 e. The van der Waals surface area contributed by atoms with Crippen LogP contribution in [-0.2, 0) is 14.3 Å². The molecule has 5 heteroatoms. The number of amides is 1. The normalized spacial score (nSPS) is 12.3. The fourth-order valence-corrected chi connectivity index (χ4v) is 1.46. The van der Waals surface area contributed by atoms with Gasteiger partial charge in [-0.15, -0.1) is 0 Å². The van der Waals surface area contributed by atoms with E-state index in [4.69, 9.17) is 9.47 Å². The molecule has 0 aromatic heterocycles. The third kappa shape index (κ3) is 10.4. The van der Waals surface area contributed by atoms with Gasteiger partial charge in [0.05, 0.1) is 6.61 Å². The van der Waals surface area contributed by atoms with Crippen LogP contribution in [0.25, 0.3) is 0 Å². The van der Waals surface area contributed by atoms with E-state index < -0.39 is 17.2 Å². The molecule has 5 nitrogen and oxygen atoms in total. The summed E-state index contributed by atoms with van der Waals surface area (Å²) in [6, 6.07) is 0. The van der Waals surface area contributed by atoms with Crippen molar-refractivity contribution in [1.82, 2.24) is 5.32 Å². The van der Waals surface area contributed by atoms with Crippen molar-refractivity contribution in [2.24, 2.45) is 0 Å². The number of hydrogen-bond acceptors (Lipinski definition) is 4. The Morgan fingerprint density at radius 1 is 1.15 bits per heavy atom. The van der Waals surface area contributed by atoms with E-state index >= 15 is 0 Å². The van der Waals surface area contributed by atoms with Gasteiger partial charge in [0.1, 0.15) is 5.60 Å². The zero-order chi connectivity index (χ0) is 15.8. The van der Waals surface area contributed by atoms with Crippen molar-refractivity contribution in [3.05, 3.63) is 12.2 Å². The molecule has 0 heterocycles. The number of esters is 1. The fourth-order valence-electron chi connectivity index (χ4n) is 1.46. The molecule has 0 aliphatic carbocycles. The summed E-state index contributed by atoms with van der Waals surface area (Å²) in [4.78, 5) is 22.8. The number of hydrogen-bond donors (Lipinski definition) is 1. The van der Waals surface area contributed by atoms with Crippen LogP contribution in [0.2, 0.25) is 0 Å². The van der Waals surface area contributed by atoms with Crippen molar-refractivity contribution in [1.29, 1.82) is 0 Å². The number of alkyl carbamates (subject to hydrolysis) is 1. The van der Waals surface area contributed by atoms with Crippen molar-refractivity contribution in [3.63, 3.8) is 0 Å². The Hall–Kier alpha value is -1.52. The van der Waals surface area contributed by atoms with Gasteiger partial charge < -0.3 is 14.8 Å². The fraction of sp³-hybridized carbons (Fsp3) is 0.733. The molecule has 116 valence electrons. The van der Waals surface area contributed by atoms with Crippen LogP contribution in [0.15, 0.2) is 12.2 Å². The van der Waals surface area contributed by atoms with Gasteiger partial charge in [-0.3, -0.25) is 0 Å². The van der Waals surface area contributed by atoms with E-state index in [9.17, 15) is 9.59 Å². The Morgan fingerprint density at radius 3 is 2.25 bits per heavy atom. The summed E-state index contributed by atoms with van der Waals surface area (Å²) in [5.41, 5.74) is -0.911. The summed E-state index contributed by atoms with van der Waals surface area (Å²) in [5.74, 6) is -0.342. The van der Waals surface area contributed by atoms with Crippen LogP contribution in [-0.4, -0.2) is 29.8 Å². The highest BCUT2D eigenvalue weighted by Crippen LogP contribution is 2.14. The lowest BCUT2D eigenvalue weighted by Gasteiger charge is -2.28. The maximum absolute atomic E-state index is 11.7. The van der Waals surface area contributed by atoms with Crippen LogP contribution in [0.5, 0.6) is 0 Å². The molecule has 0 spiro atoms. The molecule has 0 aliphatic heterocycles. The van der Waals surface area contributed by atoms with Crippen LogP contribution < -0.4 is 5.32 Å². The van der Waals surface area contributed by atoms with Crippen molar-refractivity contribution in [2.75, 3.05) is 6.61 Å². The number of carbonyl (C=O) groups is 2. The lowest BCUT2D eigenvalue weighted by molar-refractivity contribution is -0.137. The van der Waals surface area contributed by atoms with Gasteiger partial charge >= 0.3 is 12.1 Å². The highest BCUT2D eigenvalue weighted by Gasteiger charge is 2.23. The van der Waals surface area contributed by atoms with Crippen molar-refractivity contribution in [3.8, 4) is 0 Å². The number of nitrogens with one attached hydrogen (secondary N) is 1. The SMILES string of the molecule is CCOC(=O)/C=C/CCC(C)(C)NC(=O)OC(C)(C)C. The monoisotopic (exact) mass is 285 g/mol. The highest BCUT2D eigenvalue weighted by molar-refractivity contribution is 5.81. The topological polar surface area (TPSA) is 64.6 Å². The van der Waals surface area contributed by atoms with E-state index in [1.54, 1.807) is 13.0 Å². The van der Waals surface area contributed by atoms with E-state index in [0.29, 0.717) is 19.4 Å². The predicted octanol–water partition coefficient (Wildman–Crippen LogP) is 3.19. The Balaban J connectivity index is 4.13. The molecule has 0 radical (unpaired) electrons. The van der Waals surface area contributed by atoms with E-state index in [1.807, 2.05) is 34.6 Å². The molecule has 0 rings (SSSR count). The third-order valence-corrected chi connectivity index (χ3v) is 2.32. The van der Waals surface area contributed by atoms with Gasteiger partial charge in [-0.05, 0) is 54.4 Å². The first kappa shape index (κ1) is 18.5. The third-order valence-electron chi connectivity index (χ3n) is 2.32. The van der Waals surface area contributed by atoms with Crippen molar-refractivity contribution >= 4 is 12.1 Å². The summed E-state index contributed by atoms with van der Waals surface area (Å²) in [7, 11) is 0. The van der Waals surface area contributed by atoms with Crippen LogP contribution in [0, 0.1) is 0 Å². The quantitative estimate of drug-likeness (QED) is 0.601. The molecule has 20 heavy (non-hydrogen) atoms. The zero-order valence-corrected chi connectivity index (χ0v) is 13.4. The summed E-state index contributed by atoms with van der Waals surface area (Å²) in [6.45, 7) is 11.4. The molecule has 1 amide bonds.